The molecule has 1 aliphatic rings. The second kappa shape index (κ2) is 6.68. The van der Waals surface area contributed by atoms with Crippen molar-refractivity contribution in [1.29, 1.82) is 0 Å². The second-order valence-corrected chi connectivity index (χ2v) is 7.75. The molecule has 0 spiro atoms. The molecule has 138 valence electrons. The van der Waals surface area contributed by atoms with Crippen molar-refractivity contribution in [1.82, 2.24) is 4.90 Å². The summed E-state index contributed by atoms with van der Waals surface area (Å²) in [7, 11) is 2.05. The molecule has 0 amide bonds. The summed E-state index contributed by atoms with van der Waals surface area (Å²) in [6, 6.07) is 11.5. The lowest BCUT2D eigenvalue weighted by atomic mass is 9.84. The fraction of sp³-hybridized carbons (Fsp3) is 0.200. The van der Waals surface area contributed by atoms with Gasteiger partial charge >= 0.3 is 0 Å². The van der Waals surface area contributed by atoms with Gasteiger partial charge in [0.1, 0.15) is 11.4 Å². The molecule has 7 heteroatoms. The lowest BCUT2D eigenvalue weighted by molar-refractivity contribution is 0.295. The first kappa shape index (κ1) is 18.0. The number of benzene rings is 2. The number of rotatable bonds is 3. The Morgan fingerprint density at radius 2 is 1.93 bits per heavy atom. The summed E-state index contributed by atoms with van der Waals surface area (Å²) < 4.78 is 0. The van der Waals surface area contributed by atoms with Crippen molar-refractivity contribution in [3.05, 3.63) is 83.6 Å². The number of nitrogens with two attached hydrogens (primary N) is 1. The zero-order valence-corrected chi connectivity index (χ0v) is 16.1. The van der Waals surface area contributed by atoms with Crippen LogP contribution in [-0.4, -0.2) is 18.5 Å². The number of hydrogen-bond donors (Lipinski definition) is 2. The van der Waals surface area contributed by atoms with Crippen LogP contribution in [0, 0.1) is 0 Å². The van der Waals surface area contributed by atoms with Crippen molar-refractivity contribution in [3.63, 3.8) is 0 Å². The zero-order valence-electron chi connectivity index (χ0n) is 14.6. The molecule has 3 aromatic rings. The lowest BCUT2D eigenvalue weighted by Crippen LogP contribution is -2.36. The number of likely N-dealkylation sites (N-methyl/N-ethyl adjacent to an activating group) is 1. The Bertz CT molecular complexity index is 1120. The van der Waals surface area contributed by atoms with Gasteiger partial charge in [0.2, 0.25) is 0 Å². The quantitative estimate of drug-likeness (QED) is 0.656. The fourth-order valence-electron chi connectivity index (χ4n) is 3.64. The van der Waals surface area contributed by atoms with E-state index in [1.165, 1.54) is 0 Å². The largest absolute Gasteiger partial charge is 0.394 e. The Morgan fingerprint density at radius 3 is 2.67 bits per heavy atom. The van der Waals surface area contributed by atoms with Gasteiger partial charge < -0.3 is 16.0 Å². The van der Waals surface area contributed by atoms with Crippen molar-refractivity contribution in [2.75, 3.05) is 24.6 Å². The second-order valence-electron chi connectivity index (χ2n) is 6.90. The minimum atomic E-state index is -0.638. The number of fused-ring (bicyclic) bond motifs is 1. The van der Waals surface area contributed by atoms with Crippen LogP contribution in [0.5, 0.6) is 0 Å². The summed E-state index contributed by atoms with van der Waals surface area (Å²) in [6.45, 7) is 1.58. The Kier molecular flexibility index (Phi) is 4.46. The van der Waals surface area contributed by atoms with E-state index in [1.807, 2.05) is 37.4 Å². The first-order valence-corrected chi connectivity index (χ1v) is 9.23. The predicted molar refractivity (Wildman–Crippen MR) is 110 cm³/mol. The highest BCUT2D eigenvalue weighted by Crippen LogP contribution is 2.39. The van der Waals surface area contributed by atoms with Crippen LogP contribution in [0.25, 0.3) is 0 Å². The molecule has 1 heterocycles. The summed E-state index contributed by atoms with van der Waals surface area (Å²) in [5.74, 6) is 0.0850. The lowest BCUT2D eigenvalue weighted by Gasteiger charge is -2.33. The van der Waals surface area contributed by atoms with E-state index in [0.717, 1.165) is 29.8 Å². The van der Waals surface area contributed by atoms with Crippen molar-refractivity contribution in [2.24, 2.45) is 0 Å². The SMILES string of the molecule is CN1Cc2c(Cl)cc(Cl)cc2[C@H](c2cccc(Nc3c(N)c(=O)c3=O)c2)C1. The van der Waals surface area contributed by atoms with E-state index in [9.17, 15) is 9.59 Å². The average Bonchev–Trinajstić information content (AvgIpc) is 2.65. The van der Waals surface area contributed by atoms with Crippen LogP contribution in [0.1, 0.15) is 22.6 Å². The Balaban J connectivity index is 1.73. The van der Waals surface area contributed by atoms with Crippen LogP contribution < -0.4 is 21.9 Å². The molecular formula is C20H17Cl2N3O2. The van der Waals surface area contributed by atoms with Gasteiger partial charge in [0.15, 0.2) is 0 Å². The maximum atomic E-state index is 11.7. The van der Waals surface area contributed by atoms with Crippen molar-refractivity contribution < 1.29 is 0 Å². The van der Waals surface area contributed by atoms with Crippen molar-refractivity contribution in [3.8, 4) is 0 Å². The first-order chi connectivity index (χ1) is 12.8. The van der Waals surface area contributed by atoms with Gasteiger partial charge in [-0.15, -0.1) is 0 Å². The van der Waals surface area contributed by atoms with E-state index < -0.39 is 10.9 Å². The molecule has 27 heavy (non-hydrogen) atoms. The number of nitrogens with one attached hydrogen (secondary N) is 1. The molecular weight excluding hydrogens is 385 g/mol. The Labute approximate surface area is 166 Å². The third-order valence-corrected chi connectivity index (χ3v) is 5.55. The van der Waals surface area contributed by atoms with Gasteiger partial charge in [-0.3, -0.25) is 9.59 Å². The van der Waals surface area contributed by atoms with Crippen LogP contribution >= 0.6 is 23.2 Å². The van der Waals surface area contributed by atoms with Crippen LogP contribution in [0.3, 0.4) is 0 Å². The van der Waals surface area contributed by atoms with Crippen LogP contribution in [0.15, 0.2) is 46.0 Å². The minimum absolute atomic E-state index is 0.0216. The zero-order chi connectivity index (χ0) is 19.3. The maximum absolute atomic E-state index is 11.7. The molecule has 3 aromatic carbocycles. The third-order valence-electron chi connectivity index (χ3n) is 5.00. The molecule has 0 bridgehead atoms. The van der Waals surface area contributed by atoms with Gasteiger partial charge in [0.25, 0.3) is 10.9 Å². The maximum Gasteiger partial charge on any atom is 0.253 e. The average molecular weight is 402 g/mol. The van der Waals surface area contributed by atoms with E-state index in [2.05, 4.69) is 10.2 Å². The topological polar surface area (TPSA) is 75.4 Å². The van der Waals surface area contributed by atoms with Gasteiger partial charge in [-0.25, -0.2) is 0 Å². The van der Waals surface area contributed by atoms with Gasteiger partial charge in [-0.2, -0.15) is 0 Å². The molecule has 1 aliphatic heterocycles. The van der Waals surface area contributed by atoms with Gasteiger partial charge in [0.05, 0.1) is 0 Å². The first-order valence-electron chi connectivity index (χ1n) is 8.47. The molecule has 4 rings (SSSR count). The van der Waals surface area contributed by atoms with Crippen molar-refractivity contribution >= 4 is 40.3 Å². The molecule has 0 aromatic heterocycles. The normalized spacial score (nSPS) is 17.1. The van der Waals surface area contributed by atoms with Gasteiger partial charge in [-0.05, 0) is 48.0 Å². The third kappa shape index (κ3) is 3.12. The highest BCUT2D eigenvalue weighted by atomic mass is 35.5. The monoisotopic (exact) mass is 401 g/mol. The summed E-state index contributed by atoms with van der Waals surface area (Å²) in [6.07, 6.45) is 0. The van der Waals surface area contributed by atoms with Crippen LogP contribution in [-0.2, 0) is 6.54 Å². The Hall–Kier alpha value is -2.34. The molecule has 1 atom stereocenters. The molecule has 3 N–H and O–H groups in total. The van der Waals surface area contributed by atoms with Crippen LogP contribution in [0.2, 0.25) is 10.0 Å². The number of nitrogens with zero attached hydrogens (tertiary/aromatic N) is 1. The Morgan fingerprint density at radius 1 is 1.15 bits per heavy atom. The summed E-state index contributed by atoms with van der Waals surface area (Å²) in [4.78, 5) is 25.2. The highest BCUT2D eigenvalue weighted by molar-refractivity contribution is 6.35. The highest BCUT2D eigenvalue weighted by Gasteiger charge is 2.27. The molecule has 0 saturated carbocycles. The van der Waals surface area contributed by atoms with E-state index >= 15 is 0 Å². The van der Waals surface area contributed by atoms with Crippen molar-refractivity contribution in [2.45, 2.75) is 12.5 Å². The smallest absolute Gasteiger partial charge is 0.253 e. The number of halogens is 2. The number of hydrogen-bond acceptors (Lipinski definition) is 5. The fourth-order valence-corrected chi connectivity index (χ4v) is 4.21. The molecule has 5 nitrogen and oxygen atoms in total. The standard InChI is InChI=1S/C20H17Cl2N3O2/c1-25-8-14(13-6-11(21)7-16(22)15(13)9-25)10-3-2-4-12(5-10)24-18-17(23)19(26)20(18)27/h2-7,14,24H,8-9,23H2,1H3/t14-/m0/s1. The summed E-state index contributed by atoms with van der Waals surface area (Å²) >= 11 is 12.7. The predicted octanol–water partition coefficient (Wildman–Crippen LogP) is 3.49. The van der Waals surface area contributed by atoms with E-state index in [0.29, 0.717) is 15.7 Å². The van der Waals surface area contributed by atoms with E-state index in [-0.39, 0.29) is 17.3 Å². The van der Waals surface area contributed by atoms with E-state index in [1.54, 1.807) is 6.07 Å². The minimum Gasteiger partial charge on any atom is -0.394 e. The van der Waals surface area contributed by atoms with E-state index in [4.69, 9.17) is 28.9 Å². The molecule has 0 fully saturated rings. The number of nitrogen functional groups attached to an aromatic ring is 1. The number of anilines is 3. The molecule has 0 aliphatic carbocycles. The van der Waals surface area contributed by atoms with Crippen LogP contribution in [0.4, 0.5) is 17.1 Å². The molecule has 0 unspecified atom stereocenters. The molecule has 0 saturated heterocycles. The summed E-state index contributed by atoms with van der Waals surface area (Å²) in [5.41, 5.74) is 8.47. The van der Waals surface area contributed by atoms with Gasteiger partial charge in [0, 0.05) is 34.7 Å². The molecule has 0 radical (unpaired) electrons. The summed E-state index contributed by atoms with van der Waals surface area (Å²) in [5, 5.41) is 4.24. The van der Waals surface area contributed by atoms with Gasteiger partial charge in [-0.1, -0.05) is 35.3 Å².